The van der Waals surface area contributed by atoms with Crippen LogP contribution < -0.4 is 5.73 Å². The van der Waals surface area contributed by atoms with Crippen molar-refractivity contribution >= 4 is 33.4 Å². The van der Waals surface area contributed by atoms with Crippen LogP contribution in [0, 0.1) is 6.92 Å². The van der Waals surface area contributed by atoms with E-state index in [-0.39, 0.29) is 0 Å². The lowest BCUT2D eigenvalue weighted by atomic mass is 10.2. The number of nitrogens with two attached hydrogens (primary N) is 1. The van der Waals surface area contributed by atoms with Crippen LogP contribution in [0.2, 0.25) is 0 Å². The maximum atomic E-state index is 5.95. The van der Waals surface area contributed by atoms with Gasteiger partial charge in [0.2, 0.25) is 0 Å². The van der Waals surface area contributed by atoms with E-state index in [2.05, 4.69) is 36.8 Å². The Balaban J connectivity index is 1.70. The summed E-state index contributed by atoms with van der Waals surface area (Å²) in [6.45, 7) is 2.03. The fourth-order valence-electron chi connectivity index (χ4n) is 2.50. The monoisotopic (exact) mass is 364 g/mol. The molecule has 2 aliphatic rings. The first-order valence-corrected chi connectivity index (χ1v) is 8.92. The number of hydrogen-bond donors (Lipinski definition) is 1. The van der Waals surface area contributed by atoms with Gasteiger partial charge < -0.3 is 10.3 Å². The fourth-order valence-corrected chi connectivity index (χ4v) is 4.12. The molecule has 110 valence electrons. The Kier molecular flexibility index (Phi) is 3.26. The van der Waals surface area contributed by atoms with E-state index >= 15 is 0 Å². The number of hydrogen-bond acceptors (Lipinski definition) is 4. The molecule has 0 spiro atoms. The van der Waals surface area contributed by atoms with E-state index in [0.717, 1.165) is 25.8 Å². The highest BCUT2D eigenvalue weighted by Crippen LogP contribution is 2.47. The van der Waals surface area contributed by atoms with Crippen molar-refractivity contribution in [2.45, 2.75) is 54.6 Å². The maximum absolute atomic E-state index is 5.95. The van der Waals surface area contributed by atoms with Gasteiger partial charge in [0.05, 0.1) is 0 Å². The molecule has 2 fully saturated rings. The van der Waals surface area contributed by atoms with Crippen molar-refractivity contribution in [3.63, 3.8) is 0 Å². The largest absolute Gasteiger partial charge is 0.398 e. The number of halogens is 1. The summed E-state index contributed by atoms with van der Waals surface area (Å²) in [6.07, 6.45) is 5.04. The average Bonchev–Trinajstić information content (AvgIpc) is 3.35. The van der Waals surface area contributed by atoms with Crippen LogP contribution in [0.1, 0.15) is 49.0 Å². The predicted molar refractivity (Wildman–Crippen MR) is 87.7 cm³/mol. The van der Waals surface area contributed by atoms with Gasteiger partial charge in [0.25, 0.3) is 0 Å². The van der Waals surface area contributed by atoms with Gasteiger partial charge in [-0.25, -0.2) is 0 Å². The van der Waals surface area contributed by atoms with Gasteiger partial charge in [0, 0.05) is 27.0 Å². The lowest BCUT2D eigenvalue weighted by molar-refractivity contribution is 0.627. The first-order valence-electron chi connectivity index (χ1n) is 7.31. The van der Waals surface area contributed by atoms with Gasteiger partial charge in [0.15, 0.2) is 5.16 Å². The number of nitrogens with zero attached hydrogens (tertiary/aromatic N) is 3. The Morgan fingerprint density at radius 1 is 1.24 bits per heavy atom. The summed E-state index contributed by atoms with van der Waals surface area (Å²) in [7, 11) is 0. The fraction of sp³-hybridized carbons (Fsp3) is 0.467. The normalized spacial score (nSPS) is 18.2. The van der Waals surface area contributed by atoms with E-state index in [1.807, 2.05) is 13.0 Å². The highest BCUT2D eigenvalue weighted by molar-refractivity contribution is 9.10. The molecule has 2 aromatic rings. The SMILES string of the molecule is Cc1cc(Sc2nnc(C3CC3)n2C2CC2)c(Br)cc1N. The molecule has 1 aromatic carbocycles. The van der Waals surface area contributed by atoms with Crippen LogP contribution in [0.15, 0.2) is 26.7 Å². The average molecular weight is 365 g/mol. The van der Waals surface area contributed by atoms with Crippen LogP contribution in [-0.4, -0.2) is 14.8 Å². The third kappa shape index (κ3) is 2.59. The Morgan fingerprint density at radius 3 is 2.67 bits per heavy atom. The van der Waals surface area contributed by atoms with Gasteiger partial charge in [-0.2, -0.15) is 0 Å². The van der Waals surface area contributed by atoms with Crippen LogP contribution in [-0.2, 0) is 0 Å². The number of nitrogen functional groups attached to an aromatic ring is 1. The van der Waals surface area contributed by atoms with Gasteiger partial charge in [-0.1, -0.05) is 0 Å². The first-order chi connectivity index (χ1) is 10.1. The van der Waals surface area contributed by atoms with Gasteiger partial charge in [-0.3, -0.25) is 0 Å². The molecule has 0 unspecified atom stereocenters. The number of benzene rings is 1. The number of rotatable bonds is 4. The lowest BCUT2D eigenvalue weighted by Gasteiger charge is -2.10. The van der Waals surface area contributed by atoms with E-state index in [0.29, 0.717) is 12.0 Å². The lowest BCUT2D eigenvalue weighted by Crippen LogP contribution is -2.01. The zero-order valence-corrected chi connectivity index (χ0v) is 14.2. The molecule has 0 aliphatic heterocycles. The summed E-state index contributed by atoms with van der Waals surface area (Å²) in [5.74, 6) is 1.84. The molecule has 21 heavy (non-hydrogen) atoms. The topological polar surface area (TPSA) is 56.7 Å². The molecular formula is C15H17BrN4S. The van der Waals surface area contributed by atoms with E-state index in [1.54, 1.807) is 11.8 Å². The number of aromatic nitrogens is 3. The summed E-state index contributed by atoms with van der Waals surface area (Å²) in [5.41, 5.74) is 7.86. The summed E-state index contributed by atoms with van der Waals surface area (Å²) < 4.78 is 3.40. The second-order valence-corrected chi connectivity index (χ2v) is 7.82. The molecule has 6 heteroatoms. The van der Waals surface area contributed by atoms with E-state index in [1.165, 1.54) is 31.5 Å². The second-order valence-electron chi connectivity index (χ2n) is 5.96. The molecule has 0 atom stereocenters. The Labute approximate surface area is 136 Å². The third-order valence-electron chi connectivity index (χ3n) is 4.07. The minimum absolute atomic E-state index is 0.617. The summed E-state index contributed by atoms with van der Waals surface area (Å²) in [6, 6.07) is 4.70. The molecule has 0 bridgehead atoms. The summed E-state index contributed by atoms with van der Waals surface area (Å²) in [5, 5.41) is 9.93. The standard InChI is InChI=1S/C15H17BrN4S/c1-8-6-13(11(16)7-12(8)17)21-15-19-18-14(9-2-3-9)20(15)10-4-5-10/h6-7,9-10H,2-5,17H2,1H3. The van der Waals surface area contributed by atoms with E-state index in [9.17, 15) is 0 Å². The molecule has 1 aromatic heterocycles. The van der Waals surface area contributed by atoms with Crippen LogP contribution in [0.25, 0.3) is 0 Å². The number of aryl methyl sites for hydroxylation is 1. The molecule has 2 aliphatic carbocycles. The molecule has 2 saturated carbocycles. The van der Waals surface area contributed by atoms with Crippen molar-refractivity contribution < 1.29 is 0 Å². The molecule has 0 amide bonds. The highest BCUT2D eigenvalue weighted by Gasteiger charge is 2.36. The Hall–Kier alpha value is -1.01. The molecule has 2 N–H and O–H groups in total. The third-order valence-corrected chi connectivity index (χ3v) is 6.00. The van der Waals surface area contributed by atoms with Crippen LogP contribution in [0.4, 0.5) is 5.69 Å². The van der Waals surface area contributed by atoms with Crippen LogP contribution >= 0.6 is 27.7 Å². The quantitative estimate of drug-likeness (QED) is 0.821. The van der Waals surface area contributed by atoms with Crippen molar-refractivity contribution in [3.05, 3.63) is 28.0 Å². The van der Waals surface area contributed by atoms with Crippen molar-refractivity contribution in [3.8, 4) is 0 Å². The number of anilines is 1. The molecule has 4 rings (SSSR count). The Morgan fingerprint density at radius 2 is 2.00 bits per heavy atom. The highest BCUT2D eigenvalue weighted by atomic mass is 79.9. The minimum atomic E-state index is 0.617. The van der Waals surface area contributed by atoms with Gasteiger partial charge in [0.1, 0.15) is 5.82 Å². The molecule has 0 saturated heterocycles. The zero-order valence-electron chi connectivity index (χ0n) is 11.8. The van der Waals surface area contributed by atoms with Crippen molar-refractivity contribution in [1.82, 2.24) is 14.8 Å². The second kappa shape index (κ2) is 5.02. The van der Waals surface area contributed by atoms with Gasteiger partial charge in [-0.15, -0.1) is 10.2 Å². The minimum Gasteiger partial charge on any atom is -0.398 e. The molecule has 1 heterocycles. The Bertz CT molecular complexity index is 704. The predicted octanol–water partition coefficient (Wildman–Crippen LogP) is 4.29. The van der Waals surface area contributed by atoms with Crippen molar-refractivity contribution in [2.75, 3.05) is 5.73 Å². The van der Waals surface area contributed by atoms with E-state index < -0.39 is 0 Å². The molecular weight excluding hydrogens is 348 g/mol. The summed E-state index contributed by atoms with van der Waals surface area (Å²) in [4.78, 5) is 1.15. The first kappa shape index (κ1) is 13.6. The van der Waals surface area contributed by atoms with Gasteiger partial charge in [-0.05, 0) is 78.0 Å². The van der Waals surface area contributed by atoms with Crippen LogP contribution in [0.3, 0.4) is 0 Å². The van der Waals surface area contributed by atoms with Crippen molar-refractivity contribution in [2.24, 2.45) is 0 Å². The maximum Gasteiger partial charge on any atom is 0.196 e. The molecule has 4 nitrogen and oxygen atoms in total. The zero-order chi connectivity index (χ0) is 14.6. The van der Waals surface area contributed by atoms with Gasteiger partial charge >= 0.3 is 0 Å². The molecule has 0 radical (unpaired) electrons. The van der Waals surface area contributed by atoms with E-state index in [4.69, 9.17) is 5.73 Å². The smallest absolute Gasteiger partial charge is 0.196 e. The van der Waals surface area contributed by atoms with Crippen LogP contribution in [0.5, 0.6) is 0 Å². The summed E-state index contributed by atoms with van der Waals surface area (Å²) >= 11 is 5.29. The van der Waals surface area contributed by atoms with Crippen molar-refractivity contribution in [1.29, 1.82) is 0 Å².